The largest absolute Gasteiger partial charge is 0.338 e. The zero-order valence-electron chi connectivity index (χ0n) is 7.22. The molecule has 0 atom stereocenters. The summed E-state index contributed by atoms with van der Waals surface area (Å²) in [4.78, 5) is 1.77. The van der Waals surface area contributed by atoms with Crippen LogP contribution in [0.1, 0.15) is 6.92 Å². The Bertz CT molecular complexity index is 149. The van der Waals surface area contributed by atoms with Gasteiger partial charge in [-0.15, -0.1) is 0 Å². The van der Waals surface area contributed by atoms with Crippen LogP contribution in [-0.2, 0) is 0 Å². The van der Waals surface area contributed by atoms with E-state index in [0.717, 1.165) is 18.8 Å². The van der Waals surface area contributed by atoms with Crippen LogP contribution < -0.4 is 0 Å². The van der Waals surface area contributed by atoms with Crippen LogP contribution in [0.5, 0.6) is 0 Å². The summed E-state index contributed by atoms with van der Waals surface area (Å²) in [5, 5.41) is 7.63. The molecular formula is C7H14FN3S. The molecule has 0 radical (unpaired) electrons. The van der Waals surface area contributed by atoms with Crippen LogP contribution in [0, 0.1) is 5.41 Å². The maximum atomic E-state index is 12.0. The minimum Gasteiger partial charge on any atom is -0.338 e. The topological polar surface area (TPSA) is 30.3 Å². The van der Waals surface area contributed by atoms with Gasteiger partial charge < -0.3 is 4.90 Å². The van der Waals surface area contributed by atoms with E-state index in [1.165, 1.54) is 0 Å². The van der Waals surface area contributed by atoms with E-state index in [0.29, 0.717) is 12.5 Å². The maximum absolute atomic E-state index is 12.0. The van der Waals surface area contributed by atoms with Gasteiger partial charge in [-0.2, -0.15) is 0 Å². The third-order valence-corrected chi connectivity index (χ3v) is 2.67. The van der Waals surface area contributed by atoms with Crippen molar-refractivity contribution in [3.05, 3.63) is 0 Å². The average Bonchev–Trinajstić information content (AvgIpc) is 2.38. The number of guanidine groups is 1. The molecule has 5 heteroatoms. The predicted molar refractivity (Wildman–Crippen MR) is 50.1 cm³/mol. The molecule has 0 aromatic heterocycles. The minimum atomic E-state index is -0.368. The number of hydrogen-bond acceptors (Lipinski definition) is 2. The molecule has 0 aliphatic carbocycles. The third kappa shape index (κ3) is 2.03. The first-order valence-corrected chi connectivity index (χ1v) is 5.03. The summed E-state index contributed by atoms with van der Waals surface area (Å²) < 4.78 is 13.9. The summed E-state index contributed by atoms with van der Waals surface area (Å²) in [6.07, 6.45) is 0. The normalized spacial score (nSPS) is 17.7. The summed E-state index contributed by atoms with van der Waals surface area (Å²) in [6, 6.07) is 0. The molecular weight excluding hydrogens is 177 g/mol. The van der Waals surface area contributed by atoms with E-state index in [1.807, 2.05) is 4.31 Å². The van der Waals surface area contributed by atoms with Crippen LogP contribution in [0.2, 0.25) is 0 Å². The molecule has 1 aliphatic rings. The van der Waals surface area contributed by atoms with Gasteiger partial charge in [0, 0.05) is 18.8 Å². The summed E-state index contributed by atoms with van der Waals surface area (Å²) in [6.45, 7) is 3.68. The summed E-state index contributed by atoms with van der Waals surface area (Å²) in [5.74, 6) is 1.42. The fourth-order valence-corrected chi connectivity index (χ4v) is 1.94. The lowest BCUT2D eigenvalue weighted by molar-refractivity contribution is 0.376. The standard InChI is InChI=1S/C7H14FN3S/c1-2-12-11-6-5-10(4-3-8)7(11)9/h9H,2-6H2,1H3. The molecule has 0 amide bonds. The van der Waals surface area contributed by atoms with Crippen LogP contribution in [-0.4, -0.2) is 47.2 Å². The van der Waals surface area contributed by atoms with E-state index in [1.54, 1.807) is 16.8 Å². The van der Waals surface area contributed by atoms with Crippen molar-refractivity contribution in [2.75, 3.05) is 32.1 Å². The van der Waals surface area contributed by atoms with Crippen LogP contribution in [0.15, 0.2) is 0 Å². The van der Waals surface area contributed by atoms with Gasteiger partial charge in [0.05, 0.1) is 6.54 Å². The first-order chi connectivity index (χ1) is 5.79. The Morgan fingerprint density at radius 2 is 2.33 bits per heavy atom. The Hall–Kier alpha value is -0.450. The van der Waals surface area contributed by atoms with Crippen molar-refractivity contribution in [2.24, 2.45) is 0 Å². The van der Waals surface area contributed by atoms with Crippen LogP contribution >= 0.6 is 11.9 Å². The molecule has 12 heavy (non-hydrogen) atoms. The number of nitrogens with zero attached hydrogens (tertiary/aromatic N) is 2. The van der Waals surface area contributed by atoms with Crippen molar-refractivity contribution in [2.45, 2.75) is 6.92 Å². The molecule has 0 saturated carbocycles. The number of rotatable bonds is 4. The average molecular weight is 191 g/mol. The van der Waals surface area contributed by atoms with Crippen molar-refractivity contribution in [1.82, 2.24) is 9.21 Å². The Balaban J connectivity index is 2.38. The number of hydrogen-bond donors (Lipinski definition) is 1. The van der Waals surface area contributed by atoms with Crippen molar-refractivity contribution in [1.29, 1.82) is 5.41 Å². The van der Waals surface area contributed by atoms with E-state index < -0.39 is 0 Å². The van der Waals surface area contributed by atoms with Gasteiger partial charge in [0.25, 0.3) is 0 Å². The second-order valence-corrected chi connectivity index (χ2v) is 3.80. The van der Waals surface area contributed by atoms with Gasteiger partial charge >= 0.3 is 0 Å². The third-order valence-electron chi connectivity index (χ3n) is 1.75. The molecule has 1 saturated heterocycles. The second kappa shape index (κ2) is 4.54. The molecule has 1 rings (SSSR count). The van der Waals surface area contributed by atoms with Gasteiger partial charge in [0.2, 0.25) is 5.96 Å². The predicted octanol–water partition coefficient (Wildman–Crippen LogP) is 1.18. The summed E-state index contributed by atoms with van der Waals surface area (Å²) in [7, 11) is 0. The molecule has 0 aromatic rings. The first kappa shape index (κ1) is 9.64. The van der Waals surface area contributed by atoms with Crippen LogP contribution in [0.25, 0.3) is 0 Å². The molecule has 1 heterocycles. The number of halogens is 1. The van der Waals surface area contributed by atoms with Gasteiger partial charge in [0.15, 0.2) is 0 Å². The number of alkyl halides is 1. The van der Waals surface area contributed by atoms with E-state index >= 15 is 0 Å². The second-order valence-electron chi connectivity index (χ2n) is 2.52. The molecule has 0 unspecified atom stereocenters. The SMILES string of the molecule is CCSN1CCN(CCF)C1=N. The number of nitrogens with one attached hydrogen (secondary N) is 1. The van der Waals surface area contributed by atoms with Crippen molar-refractivity contribution in [3.63, 3.8) is 0 Å². The van der Waals surface area contributed by atoms with Gasteiger partial charge in [-0.1, -0.05) is 6.92 Å². The van der Waals surface area contributed by atoms with E-state index in [2.05, 4.69) is 6.92 Å². The fraction of sp³-hybridized carbons (Fsp3) is 0.857. The molecule has 0 aromatic carbocycles. The zero-order chi connectivity index (χ0) is 8.97. The highest BCUT2D eigenvalue weighted by molar-refractivity contribution is 7.97. The molecule has 1 aliphatic heterocycles. The van der Waals surface area contributed by atoms with Gasteiger partial charge in [-0.25, -0.2) is 4.39 Å². The molecule has 0 spiro atoms. The minimum absolute atomic E-state index is 0.361. The van der Waals surface area contributed by atoms with Crippen molar-refractivity contribution >= 4 is 17.9 Å². The molecule has 0 bridgehead atoms. The molecule has 3 nitrogen and oxygen atoms in total. The van der Waals surface area contributed by atoms with Crippen molar-refractivity contribution in [3.8, 4) is 0 Å². The maximum Gasteiger partial charge on any atom is 0.204 e. The molecule has 70 valence electrons. The molecule has 1 fully saturated rings. The highest BCUT2D eigenvalue weighted by Gasteiger charge is 2.24. The summed E-state index contributed by atoms with van der Waals surface area (Å²) in [5.41, 5.74) is 0. The van der Waals surface area contributed by atoms with E-state index in [4.69, 9.17) is 5.41 Å². The highest BCUT2D eigenvalue weighted by atomic mass is 32.2. The van der Waals surface area contributed by atoms with Gasteiger partial charge in [-0.3, -0.25) is 9.71 Å². The molecule has 1 N–H and O–H groups in total. The quantitative estimate of drug-likeness (QED) is 0.677. The first-order valence-electron chi connectivity index (χ1n) is 4.09. The lowest BCUT2D eigenvalue weighted by Crippen LogP contribution is -2.30. The van der Waals surface area contributed by atoms with Gasteiger partial charge in [-0.05, 0) is 11.9 Å². The van der Waals surface area contributed by atoms with E-state index in [9.17, 15) is 4.39 Å². The lowest BCUT2D eigenvalue weighted by atomic mass is 10.6. The van der Waals surface area contributed by atoms with Crippen molar-refractivity contribution < 1.29 is 4.39 Å². The van der Waals surface area contributed by atoms with Crippen LogP contribution in [0.4, 0.5) is 4.39 Å². The Morgan fingerprint density at radius 1 is 1.58 bits per heavy atom. The fourth-order valence-electron chi connectivity index (χ4n) is 1.18. The summed E-state index contributed by atoms with van der Waals surface area (Å²) >= 11 is 1.62. The van der Waals surface area contributed by atoms with Crippen LogP contribution in [0.3, 0.4) is 0 Å². The zero-order valence-corrected chi connectivity index (χ0v) is 8.03. The Labute approximate surface area is 76.6 Å². The Kier molecular flexibility index (Phi) is 3.65. The Morgan fingerprint density at radius 3 is 2.92 bits per heavy atom. The van der Waals surface area contributed by atoms with Gasteiger partial charge in [0.1, 0.15) is 6.67 Å². The smallest absolute Gasteiger partial charge is 0.204 e. The lowest BCUT2D eigenvalue weighted by Gasteiger charge is -2.18. The monoisotopic (exact) mass is 191 g/mol. The highest BCUT2D eigenvalue weighted by Crippen LogP contribution is 2.16. The van der Waals surface area contributed by atoms with E-state index in [-0.39, 0.29) is 6.67 Å².